The van der Waals surface area contributed by atoms with Crippen molar-refractivity contribution in [3.8, 4) is 28.6 Å². The van der Waals surface area contributed by atoms with Gasteiger partial charge in [0.2, 0.25) is 0 Å². The summed E-state index contributed by atoms with van der Waals surface area (Å²) in [6.07, 6.45) is 15.0. The van der Waals surface area contributed by atoms with E-state index >= 15 is 0 Å². The van der Waals surface area contributed by atoms with Crippen molar-refractivity contribution < 1.29 is 0 Å². The van der Waals surface area contributed by atoms with E-state index in [9.17, 15) is 5.26 Å². The van der Waals surface area contributed by atoms with Crippen molar-refractivity contribution in [2.45, 2.75) is 6.42 Å². The number of benzene rings is 4. The minimum Gasteiger partial charge on any atom is -0.228 e. The Kier molecular flexibility index (Phi) is 6.29. The molecule has 0 bridgehead atoms. The van der Waals surface area contributed by atoms with Gasteiger partial charge in [-0.2, -0.15) is 5.26 Å². The van der Waals surface area contributed by atoms with E-state index in [4.69, 9.17) is 9.97 Å². The van der Waals surface area contributed by atoms with Crippen molar-refractivity contribution in [2.24, 2.45) is 0 Å². The van der Waals surface area contributed by atoms with E-state index < -0.39 is 0 Å². The number of hydrogen-bond donors (Lipinski definition) is 0. The fraction of sp³-hybridized carbons (Fsp3) is 0.0278. The molecule has 0 atom stereocenters. The first-order valence-electron chi connectivity index (χ1n) is 12.9. The Morgan fingerprint density at radius 2 is 1.56 bits per heavy atom. The zero-order chi connectivity index (χ0) is 26.8. The third-order valence-electron chi connectivity index (χ3n) is 7.00. The molecule has 1 aliphatic rings. The summed E-state index contributed by atoms with van der Waals surface area (Å²) in [5, 5.41) is 13.3. The molecule has 0 amide bonds. The highest BCUT2D eigenvalue weighted by Gasteiger charge is 2.17. The molecule has 1 heterocycles. The molecule has 0 N–H and O–H groups in total. The highest BCUT2D eigenvalue weighted by molar-refractivity contribution is 6.01. The van der Waals surface area contributed by atoms with Crippen LogP contribution in [0.5, 0.6) is 0 Å². The second-order valence-electron chi connectivity index (χ2n) is 9.40. The molecule has 0 radical (unpaired) electrons. The molecule has 6 rings (SSSR count). The predicted octanol–water partition coefficient (Wildman–Crippen LogP) is 9.17. The molecule has 184 valence electrons. The highest BCUT2D eigenvalue weighted by atomic mass is 14.9. The minimum absolute atomic E-state index is 0.557. The summed E-state index contributed by atoms with van der Waals surface area (Å²) in [7, 11) is 0. The van der Waals surface area contributed by atoms with Gasteiger partial charge in [0, 0.05) is 16.5 Å². The molecule has 0 saturated heterocycles. The number of para-hydroxylation sites is 1. The van der Waals surface area contributed by atoms with Gasteiger partial charge in [-0.1, -0.05) is 98.2 Å². The monoisotopic (exact) mass is 499 g/mol. The Hall–Kier alpha value is -5.33. The molecule has 0 spiro atoms. The molecule has 1 aromatic heterocycles. The summed E-state index contributed by atoms with van der Waals surface area (Å²) < 4.78 is 0. The quantitative estimate of drug-likeness (QED) is 0.227. The number of hydrogen-bond acceptors (Lipinski definition) is 3. The van der Waals surface area contributed by atoms with Crippen LogP contribution in [-0.2, 0) is 0 Å². The van der Waals surface area contributed by atoms with Crippen LogP contribution < -0.4 is 0 Å². The van der Waals surface area contributed by atoms with Crippen molar-refractivity contribution in [1.29, 1.82) is 5.26 Å². The van der Waals surface area contributed by atoms with Crippen LogP contribution in [0.25, 0.3) is 61.9 Å². The van der Waals surface area contributed by atoms with Crippen LogP contribution in [0.4, 0.5) is 0 Å². The molecule has 4 aromatic carbocycles. The van der Waals surface area contributed by atoms with Crippen molar-refractivity contribution in [3.05, 3.63) is 139 Å². The summed E-state index contributed by atoms with van der Waals surface area (Å²) >= 11 is 0. The van der Waals surface area contributed by atoms with Gasteiger partial charge in [-0.15, -0.1) is 0 Å². The first kappa shape index (κ1) is 24.0. The van der Waals surface area contributed by atoms with Crippen LogP contribution in [0.1, 0.15) is 28.8 Å². The molecule has 0 aliphatic heterocycles. The lowest BCUT2D eigenvalue weighted by Crippen LogP contribution is -1.98. The Morgan fingerprint density at radius 3 is 2.36 bits per heavy atom. The van der Waals surface area contributed by atoms with E-state index in [1.165, 1.54) is 10.9 Å². The number of aromatic nitrogens is 2. The average Bonchev–Trinajstić information content (AvgIpc) is 3.25. The summed E-state index contributed by atoms with van der Waals surface area (Å²) in [4.78, 5) is 9.90. The van der Waals surface area contributed by atoms with Crippen LogP contribution in [0.3, 0.4) is 0 Å². The Balaban J connectivity index is 1.63. The highest BCUT2D eigenvalue weighted by Crippen LogP contribution is 2.38. The van der Waals surface area contributed by atoms with Gasteiger partial charge in [-0.3, -0.25) is 0 Å². The first-order chi connectivity index (χ1) is 19.2. The van der Waals surface area contributed by atoms with Crippen molar-refractivity contribution >= 4 is 39.4 Å². The largest absolute Gasteiger partial charge is 0.228 e. The van der Waals surface area contributed by atoms with E-state index in [1.54, 1.807) is 12.2 Å². The summed E-state index contributed by atoms with van der Waals surface area (Å²) in [6, 6.07) is 26.8. The van der Waals surface area contributed by atoms with Crippen LogP contribution in [0.2, 0.25) is 0 Å². The second-order valence-corrected chi connectivity index (χ2v) is 9.40. The van der Waals surface area contributed by atoms with Crippen LogP contribution in [0.15, 0.2) is 116 Å². The minimum atomic E-state index is 0.557. The van der Waals surface area contributed by atoms with Gasteiger partial charge in [0.25, 0.3) is 0 Å². The third-order valence-corrected chi connectivity index (χ3v) is 7.00. The van der Waals surface area contributed by atoms with E-state index in [-0.39, 0.29) is 0 Å². The third kappa shape index (κ3) is 4.39. The smallest absolute Gasteiger partial charge is 0.160 e. The van der Waals surface area contributed by atoms with Crippen molar-refractivity contribution in [3.63, 3.8) is 0 Å². The van der Waals surface area contributed by atoms with Gasteiger partial charge in [0.1, 0.15) is 0 Å². The van der Waals surface area contributed by atoms with Gasteiger partial charge in [0.15, 0.2) is 5.82 Å². The summed E-state index contributed by atoms with van der Waals surface area (Å²) in [6.45, 7) is 7.84. The second kappa shape index (κ2) is 10.2. The first-order valence-corrected chi connectivity index (χ1v) is 12.9. The number of nitrogens with zero attached hydrogens (tertiary/aromatic N) is 3. The van der Waals surface area contributed by atoms with Gasteiger partial charge >= 0.3 is 0 Å². The predicted molar refractivity (Wildman–Crippen MR) is 164 cm³/mol. The SMILES string of the molecule is C=C/C=C(\C=C)c1nc(-c2cc(C#N)cc(-c3cc4ccccc4c4c3C=CCC=C4)c2)nc2ccccc12. The van der Waals surface area contributed by atoms with Crippen LogP contribution in [0, 0.1) is 11.3 Å². The maximum Gasteiger partial charge on any atom is 0.160 e. The maximum atomic E-state index is 10.0. The molecule has 0 fully saturated rings. The topological polar surface area (TPSA) is 49.6 Å². The van der Waals surface area contributed by atoms with Gasteiger partial charge in [0.05, 0.1) is 22.8 Å². The molecule has 3 heteroatoms. The number of rotatable bonds is 5. The fourth-order valence-electron chi connectivity index (χ4n) is 5.21. The molecule has 39 heavy (non-hydrogen) atoms. The Morgan fingerprint density at radius 1 is 0.821 bits per heavy atom. The van der Waals surface area contributed by atoms with E-state index in [1.807, 2.05) is 42.5 Å². The Bertz CT molecular complexity index is 1930. The van der Waals surface area contributed by atoms with Crippen molar-refractivity contribution in [2.75, 3.05) is 0 Å². The Labute approximate surface area is 228 Å². The molecular weight excluding hydrogens is 474 g/mol. The van der Waals surface area contributed by atoms with Crippen molar-refractivity contribution in [1.82, 2.24) is 9.97 Å². The standard InChI is InChI=1S/C36H25N3/c1-3-12-25(4-2)35-32-17-10-11-18-34(32)38-36(39-35)28-20-24(23-37)19-27(21-28)33-22-26-13-8-9-14-29(26)30-15-6-5-7-16-31(30)33/h3-4,6-22H,1-2,5H2/b25-12+. The van der Waals surface area contributed by atoms with E-state index in [0.717, 1.165) is 56.2 Å². The normalized spacial score (nSPS) is 12.6. The molecule has 0 unspecified atom stereocenters. The van der Waals surface area contributed by atoms with Gasteiger partial charge < -0.3 is 0 Å². The molecular formula is C36H25N3. The fourth-order valence-corrected chi connectivity index (χ4v) is 5.21. The van der Waals surface area contributed by atoms with Crippen LogP contribution >= 0.6 is 0 Å². The molecule has 1 aliphatic carbocycles. The molecule has 5 aromatic rings. The zero-order valence-corrected chi connectivity index (χ0v) is 21.4. The molecule has 3 nitrogen and oxygen atoms in total. The maximum absolute atomic E-state index is 10.0. The van der Waals surface area contributed by atoms with Gasteiger partial charge in [-0.05, 0) is 69.8 Å². The average molecular weight is 500 g/mol. The number of nitriles is 1. The number of fused-ring (bicyclic) bond motifs is 4. The van der Waals surface area contributed by atoms with E-state index in [2.05, 4.69) is 79.9 Å². The molecule has 0 saturated carbocycles. The lowest BCUT2D eigenvalue weighted by Gasteiger charge is -2.15. The summed E-state index contributed by atoms with van der Waals surface area (Å²) in [5.41, 5.74) is 8.17. The lowest BCUT2D eigenvalue weighted by molar-refractivity contribution is 1.20. The van der Waals surface area contributed by atoms with E-state index in [0.29, 0.717) is 11.4 Å². The number of allylic oxidation sites excluding steroid dienone is 6. The zero-order valence-electron chi connectivity index (χ0n) is 21.4. The van der Waals surface area contributed by atoms with Gasteiger partial charge in [-0.25, -0.2) is 9.97 Å². The van der Waals surface area contributed by atoms with Crippen LogP contribution in [-0.4, -0.2) is 9.97 Å². The lowest BCUT2D eigenvalue weighted by atomic mass is 9.89. The summed E-state index contributed by atoms with van der Waals surface area (Å²) in [5.74, 6) is 0.557.